The summed E-state index contributed by atoms with van der Waals surface area (Å²) in [5, 5.41) is 0.491. The number of thiocarbonyl (C=S) groups is 1. The van der Waals surface area contributed by atoms with Crippen molar-refractivity contribution in [3.8, 4) is 17.2 Å². The Bertz CT molecular complexity index is 664. The lowest BCUT2D eigenvalue weighted by atomic mass is 10.2. The SMILES string of the molecule is COc1ccc(C(N)=S)c(Oc2cc(Br)ccc2Cl)c1. The van der Waals surface area contributed by atoms with Gasteiger partial charge in [0.1, 0.15) is 22.2 Å². The fourth-order valence-electron chi connectivity index (χ4n) is 1.59. The van der Waals surface area contributed by atoms with Crippen LogP contribution in [0.5, 0.6) is 17.2 Å². The van der Waals surface area contributed by atoms with Crippen molar-refractivity contribution in [2.24, 2.45) is 5.73 Å². The summed E-state index contributed by atoms with van der Waals surface area (Å²) in [5.74, 6) is 1.65. The number of hydrogen-bond donors (Lipinski definition) is 1. The van der Waals surface area contributed by atoms with Crippen molar-refractivity contribution in [1.82, 2.24) is 0 Å². The van der Waals surface area contributed by atoms with E-state index in [9.17, 15) is 0 Å². The average Bonchev–Trinajstić information content (AvgIpc) is 2.42. The van der Waals surface area contributed by atoms with Crippen LogP contribution < -0.4 is 15.2 Å². The average molecular weight is 373 g/mol. The zero-order valence-electron chi connectivity index (χ0n) is 10.5. The van der Waals surface area contributed by atoms with E-state index < -0.39 is 0 Å². The molecule has 2 aromatic rings. The normalized spacial score (nSPS) is 10.2. The highest BCUT2D eigenvalue weighted by molar-refractivity contribution is 9.10. The van der Waals surface area contributed by atoms with Crippen LogP contribution in [0.1, 0.15) is 5.56 Å². The van der Waals surface area contributed by atoms with Crippen LogP contribution in [0.15, 0.2) is 40.9 Å². The molecule has 0 aliphatic heterocycles. The maximum absolute atomic E-state index is 6.11. The molecule has 2 rings (SSSR count). The third kappa shape index (κ3) is 3.42. The molecule has 0 bridgehead atoms. The van der Waals surface area contributed by atoms with E-state index in [-0.39, 0.29) is 4.99 Å². The second-order valence-corrected chi connectivity index (χ2v) is 5.67. The number of hydrogen-bond acceptors (Lipinski definition) is 3. The third-order valence-corrected chi connectivity index (χ3v) is 3.59. The van der Waals surface area contributed by atoms with Crippen LogP contribution in [0.4, 0.5) is 0 Å². The van der Waals surface area contributed by atoms with E-state index in [4.69, 9.17) is 39.0 Å². The van der Waals surface area contributed by atoms with E-state index >= 15 is 0 Å². The van der Waals surface area contributed by atoms with Crippen LogP contribution in [0.25, 0.3) is 0 Å². The highest BCUT2D eigenvalue weighted by atomic mass is 79.9. The van der Waals surface area contributed by atoms with E-state index in [0.717, 1.165) is 4.47 Å². The minimum absolute atomic E-state index is 0.244. The molecular weight excluding hydrogens is 362 g/mol. The number of methoxy groups -OCH3 is 1. The second kappa shape index (κ2) is 6.43. The molecule has 6 heteroatoms. The zero-order chi connectivity index (χ0) is 14.7. The quantitative estimate of drug-likeness (QED) is 0.800. The second-order valence-electron chi connectivity index (χ2n) is 3.90. The molecule has 3 nitrogen and oxygen atoms in total. The van der Waals surface area contributed by atoms with Gasteiger partial charge in [-0.3, -0.25) is 0 Å². The molecule has 0 aliphatic rings. The molecule has 0 fully saturated rings. The van der Waals surface area contributed by atoms with Crippen molar-refractivity contribution in [1.29, 1.82) is 0 Å². The Morgan fingerprint density at radius 1 is 1.20 bits per heavy atom. The van der Waals surface area contributed by atoms with Crippen molar-refractivity contribution in [2.75, 3.05) is 7.11 Å². The zero-order valence-corrected chi connectivity index (χ0v) is 13.7. The summed E-state index contributed by atoms with van der Waals surface area (Å²) in [4.78, 5) is 0.244. The van der Waals surface area contributed by atoms with Crippen molar-refractivity contribution in [3.05, 3.63) is 51.5 Å². The van der Waals surface area contributed by atoms with Gasteiger partial charge in [-0.05, 0) is 30.3 Å². The molecule has 0 aliphatic carbocycles. The van der Waals surface area contributed by atoms with Crippen LogP contribution in [-0.2, 0) is 0 Å². The lowest BCUT2D eigenvalue weighted by Crippen LogP contribution is -2.10. The van der Waals surface area contributed by atoms with Crippen molar-refractivity contribution >= 4 is 44.7 Å². The molecule has 0 saturated carbocycles. The van der Waals surface area contributed by atoms with Crippen LogP contribution in [-0.4, -0.2) is 12.1 Å². The molecule has 0 aromatic heterocycles. The molecule has 2 aromatic carbocycles. The first kappa shape index (κ1) is 15.1. The van der Waals surface area contributed by atoms with E-state index in [0.29, 0.717) is 27.8 Å². The van der Waals surface area contributed by atoms with Gasteiger partial charge >= 0.3 is 0 Å². The van der Waals surface area contributed by atoms with Crippen molar-refractivity contribution in [3.63, 3.8) is 0 Å². The van der Waals surface area contributed by atoms with Gasteiger partial charge < -0.3 is 15.2 Å². The number of halogens is 2. The van der Waals surface area contributed by atoms with Gasteiger partial charge in [0.15, 0.2) is 0 Å². The number of nitrogens with two attached hydrogens (primary N) is 1. The molecule has 0 amide bonds. The van der Waals surface area contributed by atoms with Gasteiger partial charge in [-0.15, -0.1) is 0 Å². The number of ether oxygens (including phenoxy) is 2. The van der Waals surface area contributed by atoms with E-state index in [1.165, 1.54) is 0 Å². The van der Waals surface area contributed by atoms with E-state index in [2.05, 4.69) is 15.9 Å². The molecule has 0 unspecified atom stereocenters. The van der Waals surface area contributed by atoms with Gasteiger partial charge in [0, 0.05) is 10.5 Å². The fraction of sp³-hybridized carbons (Fsp3) is 0.0714. The Morgan fingerprint density at radius 3 is 2.60 bits per heavy atom. The van der Waals surface area contributed by atoms with Crippen LogP contribution in [0.2, 0.25) is 5.02 Å². The Morgan fingerprint density at radius 2 is 1.95 bits per heavy atom. The Labute approximate surface area is 135 Å². The summed E-state index contributed by atoms with van der Waals surface area (Å²) in [7, 11) is 1.58. The lowest BCUT2D eigenvalue weighted by molar-refractivity contribution is 0.409. The van der Waals surface area contributed by atoms with Crippen molar-refractivity contribution in [2.45, 2.75) is 0 Å². The molecule has 0 radical (unpaired) electrons. The first-order valence-corrected chi connectivity index (χ1v) is 7.20. The topological polar surface area (TPSA) is 44.5 Å². The van der Waals surface area contributed by atoms with Gasteiger partial charge in [-0.1, -0.05) is 39.7 Å². The predicted molar refractivity (Wildman–Crippen MR) is 88.1 cm³/mol. The Hall–Kier alpha value is -1.30. The highest BCUT2D eigenvalue weighted by Crippen LogP contribution is 2.35. The summed E-state index contributed by atoms with van der Waals surface area (Å²) in [6, 6.07) is 10.6. The molecule has 20 heavy (non-hydrogen) atoms. The standard InChI is InChI=1S/C14H11BrClNO2S/c1-18-9-3-4-10(14(17)20)12(7-9)19-13-6-8(15)2-5-11(13)16/h2-7H,1H3,(H2,17,20). The maximum atomic E-state index is 6.11. The largest absolute Gasteiger partial charge is 0.497 e. The third-order valence-electron chi connectivity index (χ3n) is 2.57. The molecular formula is C14H11BrClNO2S. The Kier molecular flexibility index (Phi) is 4.86. The molecule has 0 saturated heterocycles. The molecule has 0 spiro atoms. The van der Waals surface area contributed by atoms with Gasteiger partial charge in [0.2, 0.25) is 0 Å². The van der Waals surface area contributed by atoms with E-state index in [1.54, 1.807) is 37.4 Å². The van der Waals surface area contributed by atoms with Crippen LogP contribution in [0.3, 0.4) is 0 Å². The molecule has 0 atom stereocenters. The van der Waals surface area contributed by atoms with Gasteiger partial charge in [-0.2, -0.15) is 0 Å². The van der Waals surface area contributed by atoms with Crippen LogP contribution >= 0.6 is 39.7 Å². The summed E-state index contributed by atoms with van der Waals surface area (Å²) < 4.78 is 11.8. The van der Waals surface area contributed by atoms with Gasteiger partial charge in [-0.25, -0.2) is 0 Å². The van der Waals surface area contributed by atoms with Gasteiger partial charge in [0.05, 0.1) is 17.7 Å². The van der Waals surface area contributed by atoms with Crippen LogP contribution in [0, 0.1) is 0 Å². The highest BCUT2D eigenvalue weighted by Gasteiger charge is 2.11. The number of benzene rings is 2. The van der Waals surface area contributed by atoms with Crippen molar-refractivity contribution < 1.29 is 9.47 Å². The predicted octanol–water partition coefficient (Wildman–Crippen LogP) is 4.54. The lowest BCUT2D eigenvalue weighted by Gasteiger charge is -2.13. The number of rotatable bonds is 4. The smallest absolute Gasteiger partial charge is 0.147 e. The summed E-state index contributed by atoms with van der Waals surface area (Å²) >= 11 is 14.5. The van der Waals surface area contributed by atoms with E-state index in [1.807, 2.05) is 6.07 Å². The first-order chi connectivity index (χ1) is 9.51. The molecule has 2 N–H and O–H groups in total. The molecule has 104 valence electrons. The maximum Gasteiger partial charge on any atom is 0.147 e. The minimum Gasteiger partial charge on any atom is -0.497 e. The first-order valence-electron chi connectivity index (χ1n) is 5.62. The fourth-order valence-corrected chi connectivity index (χ4v) is 2.26. The molecule has 0 heterocycles. The Balaban J connectivity index is 2.45. The minimum atomic E-state index is 0.244. The van der Waals surface area contributed by atoms with Gasteiger partial charge in [0.25, 0.3) is 0 Å². The summed E-state index contributed by atoms with van der Waals surface area (Å²) in [5.41, 5.74) is 6.32. The monoisotopic (exact) mass is 371 g/mol. The summed E-state index contributed by atoms with van der Waals surface area (Å²) in [6.07, 6.45) is 0. The summed E-state index contributed by atoms with van der Waals surface area (Å²) in [6.45, 7) is 0.